The maximum absolute atomic E-state index is 11.0. The van der Waals surface area contributed by atoms with Crippen molar-refractivity contribution in [2.24, 2.45) is 11.0 Å². The molecule has 5 nitrogen and oxygen atoms in total. The zero-order chi connectivity index (χ0) is 8.97. The number of azide groups is 1. The molecule has 0 saturated carbocycles. The van der Waals surface area contributed by atoms with Crippen LogP contribution in [0.1, 0.15) is 0 Å². The average molecular weight is 187 g/mol. The van der Waals surface area contributed by atoms with Gasteiger partial charge in [0.1, 0.15) is 6.04 Å². The van der Waals surface area contributed by atoms with Gasteiger partial charge >= 0.3 is 5.97 Å². The zero-order valence-electron chi connectivity index (χ0n) is 6.64. The summed E-state index contributed by atoms with van der Waals surface area (Å²) in [7, 11) is 0. The van der Waals surface area contributed by atoms with E-state index in [-0.39, 0.29) is 5.92 Å². The molecule has 0 radical (unpaired) electrons. The molecule has 0 aliphatic carbocycles. The SMILES string of the molecule is CSC[C@@H]1COC(=O)[C@H]1N=[N+]=[N-]. The molecule has 1 rings (SSSR count). The third-order valence-electron chi connectivity index (χ3n) is 1.68. The van der Waals surface area contributed by atoms with Gasteiger partial charge in [0.2, 0.25) is 0 Å². The smallest absolute Gasteiger partial charge is 0.315 e. The van der Waals surface area contributed by atoms with Crippen LogP contribution in [0.4, 0.5) is 0 Å². The highest BCUT2D eigenvalue weighted by molar-refractivity contribution is 7.98. The second-order valence-electron chi connectivity index (χ2n) is 2.50. The number of carbonyl (C=O) groups excluding carboxylic acids is 1. The van der Waals surface area contributed by atoms with Crippen LogP contribution in [0, 0.1) is 5.92 Å². The quantitative estimate of drug-likeness (QED) is 0.288. The first kappa shape index (κ1) is 9.22. The highest BCUT2D eigenvalue weighted by atomic mass is 32.2. The van der Waals surface area contributed by atoms with E-state index < -0.39 is 12.0 Å². The van der Waals surface area contributed by atoms with Crippen LogP contribution in [0.5, 0.6) is 0 Å². The van der Waals surface area contributed by atoms with E-state index in [2.05, 4.69) is 10.0 Å². The second kappa shape index (κ2) is 4.23. The number of cyclic esters (lactones) is 1. The molecule has 0 aromatic heterocycles. The van der Waals surface area contributed by atoms with Crippen molar-refractivity contribution in [2.45, 2.75) is 6.04 Å². The van der Waals surface area contributed by atoms with Crippen molar-refractivity contribution >= 4 is 17.7 Å². The van der Waals surface area contributed by atoms with E-state index >= 15 is 0 Å². The monoisotopic (exact) mass is 187 g/mol. The minimum absolute atomic E-state index is 0.0448. The summed E-state index contributed by atoms with van der Waals surface area (Å²) in [5.41, 5.74) is 8.17. The van der Waals surface area contributed by atoms with E-state index in [0.29, 0.717) is 6.61 Å². The molecule has 2 atom stereocenters. The summed E-state index contributed by atoms with van der Waals surface area (Å²) in [5.74, 6) is 0.436. The summed E-state index contributed by atoms with van der Waals surface area (Å²) in [6, 6.07) is -0.609. The lowest BCUT2D eigenvalue weighted by molar-refractivity contribution is -0.138. The number of thioether (sulfide) groups is 1. The Hall–Kier alpha value is -0.870. The Morgan fingerprint density at radius 3 is 3.25 bits per heavy atom. The van der Waals surface area contributed by atoms with Crippen LogP contribution in [-0.2, 0) is 9.53 Å². The molecule has 0 unspecified atom stereocenters. The summed E-state index contributed by atoms with van der Waals surface area (Å²) >= 11 is 1.62. The Bertz CT molecular complexity index is 227. The fraction of sp³-hybridized carbons (Fsp3) is 0.833. The predicted molar refractivity (Wildman–Crippen MR) is 45.8 cm³/mol. The first-order valence-corrected chi connectivity index (χ1v) is 4.88. The fourth-order valence-electron chi connectivity index (χ4n) is 1.11. The van der Waals surface area contributed by atoms with Crippen LogP contribution in [-0.4, -0.2) is 30.6 Å². The Morgan fingerprint density at radius 2 is 2.67 bits per heavy atom. The van der Waals surface area contributed by atoms with Crippen molar-refractivity contribution < 1.29 is 9.53 Å². The van der Waals surface area contributed by atoms with Crippen LogP contribution in [0.25, 0.3) is 10.4 Å². The first-order chi connectivity index (χ1) is 5.79. The molecule has 1 saturated heterocycles. The lowest BCUT2D eigenvalue weighted by atomic mass is 10.1. The van der Waals surface area contributed by atoms with E-state index in [4.69, 9.17) is 10.3 Å². The molecule has 12 heavy (non-hydrogen) atoms. The van der Waals surface area contributed by atoms with Gasteiger partial charge in [-0.05, 0) is 11.8 Å². The summed E-state index contributed by atoms with van der Waals surface area (Å²) in [6.45, 7) is 0.378. The molecule has 1 aliphatic heterocycles. The second-order valence-corrected chi connectivity index (χ2v) is 3.41. The molecule has 1 heterocycles. The number of hydrogen-bond acceptors (Lipinski definition) is 4. The number of carbonyl (C=O) groups is 1. The summed E-state index contributed by atoms with van der Waals surface area (Å²) in [4.78, 5) is 13.6. The van der Waals surface area contributed by atoms with Crippen LogP contribution in [0.3, 0.4) is 0 Å². The molecule has 1 fully saturated rings. The van der Waals surface area contributed by atoms with Gasteiger partial charge in [-0.3, -0.25) is 4.79 Å². The Kier molecular flexibility index (Phi) is 3.25. The van der Waals surface area contributed by atoms with Gasteiger partial charge in [-0.25, -0.2) is 0 Å². The van der Waals surface area contributed by atoms with Gasteiger partial charge < -0.3 is 4.74 Å². The molecule has 0 bridgehead atoms. The van der Waals surface area contributed by atoms with Crippen molar-refractivity contribution in [3.63, 3.8) is 0 Å². The van der Waals surface area contributed by atoms with Crippen LogP contribution >= 0.6 is 11.8 Å². The molecule has 6 heteroatoms. The summed E-state index contributed by atoms with van der Waals surface area (Å²) in [5, 5.41) is 3.40. The van der Waals surface area contributed by atoms with Crippen molar-refractivity contribution in [3.05, 3.63) is 10.4 Å². The third kappa shape index (κ3) is 1.84. The Labute approximate surface area is 74.1 Å². The maximum atomic E-state index is 11.0. The van der Waals surface area contributed by atoms with Gasteiger partial charge in [0.25, 0.3) is 0 Å². The molecule has 0 aromatic carbocycles. The minimum Gasteiger partial charge on any atom is -0.465 e. The first-order valence-electron chi connectivity index (χ1n) is 3.49. The van der Waals surface area contributed by atoms with Gasteiger partial charge in [0.05, 0.1) is 6.61 Å². The molecule has 1 aliphatic rings. The van der Waals surface area contributed by atoms with Gasteiger partial charge in [-0.15, -0.1) is 0 Å². The lowest BCUT2D eigenvalue weighted by Crippen LogP contribution is -2.21. The predicted octanol–water partition coefficient (Wildman–Crippen LogP) is 1.20. The molecule has 66 valence electrons. The highest BCUT2D eigenvalue weighted by Gasteiger charge is 2.35. The van der Waals surface area contributed by atoms with E-state index in [1.54, 1.807) is 11.8 Å². The van der Waals surface area contributed by atoms with Crippen molar-refractivity contribution in [1.29, 1.82) is 0 Å². The number of ether oxygens (including phenoxy) is 1. The number of rotatable bonds is 3. The molecule has 0 spiro atoms. The number of hydrogen-bond donors (Lipinski definition) is 0. The van der Waals surface area contributed by atoms with E-state index in [1.807, 2.05) is 6.26 Å². The van der Waals surface area contributed by atoms with E-state index in [1.165, 1.54) is 0 Å². The Balaban J connectivity index is 2.63. The Morgan fingerprint density at radius 1 is 1.92 bits per heavy atom. The van der Waals surface area contributed by atoms with Gasteiger partial charge in [-0.2, -0.15) is 11.8 Å². The van der Waals surface area contributed by atoms with Gasteiger partial charge in [0.15, 0.2) is 0 Å². The number of nitrogens with zero attached hydrogens (tertiary/aromatic N) is 3. The average Bonchev–Trinajstić information content (AvgIpc) is 2.37. The lowest BCUT2D eigenvalue weighted by Gasteiger charge is -2.06. The topological polar surface area (TPSA) is 75.1 Å². The minimum atomic E-state index is -0.609. The standard InChI is InChI=1S/C6H9N3O2S/c1-12-3-4-2-11-6(10)5(4)8-9-7/h4-5H,2-3H2,1H3/t4-,5-/m0/s1. The van der Waals surface area contributed by atoms with Crippen molar-refractivity contribution in [3.8, 4) is 0 Å². The number of esters is 1. The molecular weight excluding hydrogens is 178 g/mol. The van der Waals surface area contributed by atoms with Crippen molar-refractivity contribution in [2.75, 3.05) is 18.6 Å². The highest BCUT2D eigenvalue weighted by Crippen LogP contribution is 2.21. The maximum Gasteiger partial charge on any atom is 0.315 e. The van der Waals surface area contributed by atoms with Crippen LogP contribution in [0.15, 0.2) is 5.11 Å². The van der Waals surface area contributed by atoms with E-state index in [9.17, 15) is 4.79 Å². The fourth-order valence-corrected chi connectivity index (χ4v) is 1.82. The van der Waals surface area contributed by atoms with Crippen LogP contribution < -0.4 is 0 Å². The molecular formula is C6H9N3O2S. The van der Waals surface area contributed by atoms with Crippen molar-refractivity contribution in [1.82, 2.24) is 0 Å². The zero-order valence-corrected chi connectivity index (χ0v) is 7.45. The molecule has 0 aromatic rings. The van der Waals surface area contributed by atoms with Gasteiger partial charge in [0, 0.05) is 16.6 Å². The molecule has 0 N–H and O–H groups in total. The normalized spacial score (nSPS) is 27.9. The largest absolute Gasteiger partial charge is 0.465 e. The van der Waals surface area contributed by atoms with Gasteiger partial charge in [-0.1, -0.05) is 5.11 Å². The van der Waals surface area contributed by atoms with E-state index in [0.717, 1.165) is 5.75 Å². The summed E-state index contributed by atoms with van der Waals surface area (Å²) in [6.07, 6.45) is 1.94. The summed E-state index contributed by atoms with van der Waals surface area (Å²) < 4.78 is 4.77. The van der Waals surface area contributed by atoms with Crippen LogP contribution in [0.2, 0.25) is 0 Å². The third-order valence-corrected chi connectivity index (χ3v) is 2.45. The molecule has 0 amide bonds.